The van der Waals surface area contributed by atoms with Gasteiger partial charge in [-0.15, -0.1) is 10.2 Å². The highest BCUT2D eigenvalue weighted by Crippen LogP contribution is 2.82. The number of nitrogens with zero attached hydrogens (tertiary/aromatic N) is 5. The Hall–Kier alpha value is -3.49. The topological polar surface area (TPSA) is 106 Å². The smallest absolute Gasteiger partial charge is 0.309 e. The summed E-state index contributed by atoms with van der Waals surface area (Å²) in [5.41, 5.74) is 1.07. The van der Waals surface area contributed by atoms with Gasteiger partial charge in [0, 0.05) is 31.8 Å². The van der Waals surface area contributed by atoms with Gasteiger partial charge in [0.25, 0.3) is 5.91 Å². The van der Waals surface area contributed by atoms with Crippen LogP contribution < -0.4 is 10.2 Å². The highest BCUT2D eigenvalue weighted by molar-refractivity contribution is 6.10. The Bertz CT molecular complexity index is 1200. The van der Waals surface area contributed by atoms with Crippen LogP contribution in [0.5, 0.6) is 0 Å². The van der Waals surface area contributed by atoms with Gasteiger partial charge in [-0.05, 0) is 12.5 Å². The van der Waals surface area contributed by atoms with Crippen molar-refractivity contribution in [1.29, 1.82) is 0 Å². The molecule has 0 saturated heterocycles. The van der Waals surface area contributed by atoms with Gasteiger partial charge in [-0.25, -0.2) is 4.98 Å². The highest BCUT2D eigenvalue weighted by atomic mass is 16.4. The van der Waals surface area contributed by atoms with E-state index in [0.29, 0.717) is 12.3 Å². The molecule has 2 fully saturated rings. The largest absolute Gasteiger partial charge is 0.417 e. The van der Waals surface area contributed by atoms with Gasteiger partial charge in [0.2, 0.25) is 5.89 Å². The molecule has 9 heteroatoms. The lowest BCUT2D eigenvalue weighted by atomic mass is 9.95. The number of anilines is 1. The molecule has 1 N–H and O–H groups in total. The molecule has 3 aromatic rings. The second-order valence-electron chi connectivity index (χ2n) is 8.35. The number of rotatable bonds is 4. The maximum Gasteiger partial charge on any atom is 0.309 e. The molecule has 1 aromatic carbocycles. The molecule has 2 aliphatic heterocycles. The first-order valence-electron chi connectivity index (χ1n) is 9.93. The maximum atomic E-state index is 13.3. The number of amides is 2. The molecule has 2 aliphatic carbocycles. The Balaban J connectivity index is 1.23. The van der Waals surface area contributed by atoms with Crippen molar-refractivity contribution in [1.82, 2.24) is 25.1 Å². The van der Waals surface area contributed by atoms with Crippen molar-refractivity contribution in [3.63, 3.8) is 0 Å². The Labute approximate surface area is 172 Å². The summed E-state index contributed by atoms with van der Waals surface area (Å²) in [6, 6.07) is 9.69. The quantitative estimate of drug-likeness (QED) is 0.700. The average molecular weight is 404 g/mol. The minimum atomic E-state index is -0.890. The number of likely N-dealkylation sites (N-methyl/N-ethyl adjacent to an activating group) is 1. The van der Waals surface area contributed by atoms with Crippen molar-refractivity contribution >= 4 is 17.6 Å². The number of fused-ring (bicyclic) bond motifs is 1. The molecule has 0 spiro atoms. The molecular formula is C21H20N6O3. The first-order valence-corrected chi connectivity index (χ1v) is 9.93. The minimum absolute atomic E-state index is 0.0821. The zero-order valence-corrected chi connectivity index (χ0v) is 16.8. The van der Waals surface area contributed by atoms with Gasteiger partial charge in [0.1, 0.15) is 17.2 Å². The van der Waals surface area contributed by atoms with Crippen LogP contribution in [-0.4, -0.2) is 44.1 Å². The van der Waals surface area contributed by atoms with Crippen LogP contribution in [0.2, 0.25) is 0 Å². The van der Waals surface area contributed by atoms with Crippen molar-refractivity contribution in [2.75, 3.05) is 11.9 Å². The number of benzene rings is 1. The monoisotopic (exact) mass is 404 g/mol. The third kappa shape index (κ3) is 2.09. The fraction of sp³-hybridized carbons (Fsp3) is 0.381. The van der Waals surface area contributed by atoms with Crippen molar-refractivity contribution in [2.45, 2.75) is 24.8 Å². The fourth-order valence-electron chi connectivity index (χ4n) is 5.09. The fourth-order valence-corrected chi connectivity index (χ4v) is 5.09. The van der Waals surface area contributed by atoms with Gasteiger partial charge in [-0.1, -0.05) is 30.3 Å². The molecule has 2 amide bonds. The molecule has 30 heavy (non-hydrogen) atoms. The van der Waals surface area contributed by atoms with Crippen LogP contribution in [0.3, 0.4) is 0 Å². The van der Waals surface area contributed by atoms with Crippen molar-refractivity contribution in [3.05, 3.63) is 59.2 Å². The van der Waals surface area contributed by atoms with E-state index in [-0.39, 0.29) is 29.6 Å². The normalized spacial score (nSPS) is 27.9. The third-order valence-corrected chi connectivity index (χ3v) is 6.75. The third-order valence-electron chi connectivity index (χ3n) is 6.75. The minimum Gasteiger partial charge on any atom is -0.417 e. The standard InChI is InChI=1S/C21H20N6O3/c1-10-22-16-13-14-15(13)21(14,20(29)27(3)19(16)26(10)2)23-17(28)18-25-24-12(30-18)9-11-7-5-4-6-8-11/h4-8,13-15H,9H2,1-3H3,(H,23,28)/t13?,14-,15?,21?/m1/s1. The van der Waals surface area contributed by atoms with E-state index in [2.05, 4.69) is 20.5 Å². The number of aromatic nitrogens is 4. The molecule has 0 radical (unpaired) electrons. The van der Waals surface area contributed by atoms with E-state index in [1.165, 1.54) is 0 Å². The Morgan fingerprint density at radius 3 is 2.67 bits per heavy atom. The molecule has 4 atom stereocenters. The highest BCUT2D eigenvalue weighted by Gasteiger charge is 2.90. The van der Waals surface area contributed by atoms with E-state index in [4.69, 9.17) is 4.42 Å². The van der Waals surface area contributed by atoms with Crippen LogP contribution in [0.4, 0.5) is 5.82 Å². The van der Waals surface area contributed by atoms with Crippen LogP contribution in [0.1, 0.15) is 39.6 Å². The zero-order chi connectivity index (χ0) is 20.8. The first kappa shape index (κ1) is 17.4. The first-order chi connectivity index (χ1) is 14.4. The van der Waals surface area contributed by atoms with E-state index in [9.17, 15) is 9.59 Å². The van der Waals surface area contributed by atoms with Crippen LogP contribution in [0.25, 0.3) is 0 Å². The van der Waals surface area contributed by atoms with Crippen molar-refractivity contribution < 1.29 is 14.0 Å². The molecule has 152 valence electrons. The summed E-state index contributed by atoms with van der Waals surface area (Å²) in [6.07, 6.45) is 0.446. The molecule has 3 unspecified atom stereocenters. The van der Waals surface area contributed by atoms with Gasteiger partial charge in [0.05, 0.1) is 12.1 Å². The second-order valence-corrected chi connectivity index (χ2v) is 8.35. The van der Waals surface area contributed by atoms with E-state index in [1.807, 2.05) is 48.9 Å². The van der Waals surface area contributed by atoms with E-state index < -0.39 is 11.4 Å². The Morgan fingerprint density at radius 1 is 1.20 bits per heavy atom. The Kier molecular flexibility index (Phi) is 3.22. The summed E-state index contributed by atoms with van der Waals surface area (Å²) in [4.78, 5) is 32.4. The summed E-state index contributed by atoms with van der Waals surface area (Å²) in [7, 11) is 3.64. The number of carbonyl (C=O) groups excluding carboxylic acids is 2. The second kappa shape index (κ2) is 5.56. The van der Waals surface area contributed by atoms with Gasteiger partial charge in [0.15, 0.2) is 0 Å². The lowest BCUT2D eigenvalue weighted by molar-refractivity contribution is -0.122. The summed E-state index contributed by atoms with van der Waals surface area (Å²) in [6.45, 7) is 1.93. The summed E-state index contributed by atoms with van der Waals surface area (Å²) in [5, 5.41) is 10.8. The summed E-state index contributed by atoms with van der Waals surface area (Å²) < 4.78 is 7.49. The van der Waals surface area contributed by atoms with Crippen molar-refractivity contribution in [3.8, 4) is 0 Å². The number of imidazole rings is 1. The van der Waals surface area contributed by atoms with Crippen molar-refractivity contribution in [2.24, 2.45) is 18.9 Å². The van der Waals surface area contributed by atoms with Crippen LogP contribution in [0.15, 0.2) is 34.7 Å². The molecule has 2 bridgehead atoms. The summed E-state index contributed by atoms with van der Waals surface area (Å²) >= 11 is 0. The number of carbonyl (C=O) groups is 2. The van der Waals surface area contributed by atoms with Crippen LogP contribution in [0, 0.1) is 18.8 Å². The van der Waals surface area contributed by atoms with Gasteiger partial charge in [-0.3, -0.25) is 14.5 Å². The number of hydrogen-bond donors (Lipinski definition) is 1. The maximum absolute atomic E-state index is 13.3. The van der Waals surface area contributed by atoms with E-state index >= 15 is 0 Å². The predicted molar refractivity (Wildman–Crippen MR) is 105 cm³/mol. The lowest BCUT2D eigenvalue weighted by Gasteiger charge is -2.26. The molecular weight excluding hydrogens is 384 g/mol. The van der Waals surface area contributed by atoms with Gasteiger partial charge in [-0.2, -0.15) is 0 Å². The van der Waals surface area contributed by atoms with Crippen LogP contribution in [-0.2, 0) is 18.3 Å². The molecule has 2 aromatic heterocycles. The molecule has 2 saturated carbocycles. The molecule has 4 heterocycles. The molecule has 4 aliphatic rings. The SMILES string of the molecule is Cc1nc2c(n1C)N(C)C(=O)C1(NC(=O)c3nnc(Cc4ccccc4)o3)C3C2[C@H]31. The summed E-state index contributed by atoms with van der Waals surface area (Å²) in [5.74, 6) is 1.68. The number of hydrogen-bond acceptors (Lipinski definition) is 6. The van der Waals surface area contributed by atoms with Crippen LogP contribution >= 0.6 is 0 Å². The predicted octanol–water partition coefficient (Wildman–Crippen LogP) is 1.19. The van der Waals surface area contributed by atoms with E-state index in [0.717, 1.165) is 22.9 Å². The van der Waals surface area contributed by atoms with Gasteiger partial charge >= 0.3 is 11.8 Å². The molecule has 7 rings (SSSR count). The number of nitrogens with one attached hydrogen (secondary N) is 1. The molecule has 9 nitrogen and oxygen atoms in total. The zero-order valence-electron chi connectivity index (χ0n) is 16.8. The number of aryl methyl sites for hydroxylation is 1. The van der Waals surface area contributed by atoms with E-state index in [1.54, 1.807) is 11.9 Å². The lowest BCUT2D eigenvalue weighted by Crippen LogP contribution is -2.54. The van der Waals surface area contributed by atoms with Gasteiger partial charge < -0.3 is 14.3 Å². The average Bonchev–Trinajstić information content (AvgIpc) is 3.55. The Morgan fingerprint density at radius 2 is 1.93 bits per heavy atom.